The molecule has 4 nitrogen and oxygen atoms in total. The standard InChI is InChI=1S/C14H17F2N3O.ClH/c15-11-2-1-10(7-12(11)16)18-13(20)19-6-4-14(9-19)3-5-17-8-14;/h1-2,7,17H,3-6,8-9H2,(H,18,20);1H. The predicted octanol–water partition coefficient (Wildman–Crippen LogP) is 2.60. The largest absolute Gasteiger partial charge is 0.324 e. The van der Waals surface area contributed by atoms with Gasteiger partial charge < -0.3 is 15.5 Å². The third kappa shape index (κ3) is 3.27. The normalized spacial score (nSPS) is 24.2. The molecule has 2 amide bonds. The lowest BCUT2D eigenvalue weighted by atomic mass is 9.87. The lowest BCUT2D eigenvalue weighted by Crippen LogP contribution is -2.36. The van der Waals surface area contributed by atoms with Gasteiger partial charge in [-0.2, -0.15) is 0 Å². The van der Waals surface area contributed by atoms with E-state index < -0.39 is 11.6 Å². The molecule has 2 saturated heterocycles. The van der Waals surface area contributed by atoms with Gasteiger partial charge in [0.15, 0.2) is 11.6 Å². The number of rotatable bonds is 1. The van der Waals surface area contributed by atoms with Crippen molar-refractivity contribution in [2.24, 2.45) is 5.41 Å². The minimum absolute atomic E-state index is 0. The van der Waals surface area contributed by atoms with Crippen LogP contribution >= 0.6 is 12.4 Å². The lowest BCUT2D eigenvalue weighted by Gasteiger charge is -2.23. The van der Waals surface area contributed by atoms with Gasteiger partial charge in [-0.1, -0.05) is 0 Å². The zero-order chi connectivity index (χ0) is 14.2. The van der Waals surface area contributed by atoms with Crippen molar-refractivity contribution < 1.29 is 13.6 Å². The second-order valence-corrected chi connectivity index (χ2v) is 5.66. The molecule has 2 fully saturated rings. The van der Waals surface area contributed by atoms with E-state index in [4.69, 9.17) is 0 Å². The summed E-state index contributed by atoms with van der Waals surface area (Å²) in [6, 6.07) is 3.12. The summed E-state index contributed by atoms with van der Waals surface area (Å²) in [5, 5.41) is 5.95. The molecular formula is C14H18ClF2N3O. The van der Waals surface area contributed by atoms with Crippen LogP contribution in [-0.2, 0) is 0 Å². The zero-order valence-electron chi connectivity index (χ0n) is 11.5. The van der Waals surface area contributed by atoms with Crippen molar-refractivity contribution in [2.75, 3.05) is 31.5 Å². The van der Waals surface area contributed by atoms with Crippen LogP contribution in [0.3, 0.4) is 0 Å². The van der Waals surface area contributed by atoms with E-state index in [1.807, 2.05) is 0 Å². The second kappa shape index (κ2) is 6.15. The topological polar surface area (TPSA) is 44.4 Å². The average molecular weight is 318 g/mol. The van der Waals surface area contributed by atoms with Crippen molar-refractivity contribution in [3.05, 3.63) is 29.8 Å². The van der Waals surface area contributed by atoms with Gasteiger partial charge in [-0.25, -0.2) is 13.6 Å². The molecule has 21 heavy (non-hydrogen) atoms. The Labute approximate surface area is 128 Å². The van der Waals surface area contributed by atoms with Gasteiger partial charge in [0.2, 0.25) is 0 Å². The van der Waals surface area contributed by atoms with Gasteiger partial charge >= 0.3 is 6.03 Å². The summed E-state index contributed by atoms with van der Waals surface area (Å²) in [6.07, 6.45) is 2.08. The van der Waals surface area contributed by atoms with E-state index in [0.29, 0.717) is 6.54 Å². The van der Waals surface area contributed by atoms with E-state index >= 15 is 0 Å². The maximum atomic E-state index is 13.1. The van der Waals surface area contributed by atoms with Gasteiger partial charge in [-0.3, -0.25) is 0 Å². The van der Waals surface area contributed by atoms with Gasteiger partial charge in [0.25, 0.3) is 0 Å². The first-order valence-corrected chi connectivity index (χ1v) is 6.80. The Hall–Kier alpha value is -1.40. The van der Waals surface area contributed by atoms with Gasteiger partial charge in [0, 0.05) is 36.8 Å². The number of benzene rings is 1. The maximum absolute atomic E-state index is 13.1. The maximum Gasteiger partial charge on any atom is 0.321 e. The number of carbonyl (C=O) groups excluding carboxylic acids is 1. The number of halogens is 3. The number of nitrogens with zero attached hydrogens (tertiary/aromatic N) is 1. The number of nitrogens with one attached hydrogen (secondary N) is 2. The number of likely N-dealkylation sites (tertiary alicyclic amines) is 1. The molecule has 2 heterocycles. The number of carbonyl (C=O) groups is 1. The molecule has 2 aliphatic heterocycles. The van der Waals surface area contributed by atoms with E-state index in [1.165, 1.54) is 6.07 Å². The van der Waals surface area contributed by atoms with Crippen LogP contribution in [0.1, 0.15) is 12.8 Å². The monoisotopic (exact) mass is 317 g/mol. The van der Waals surface area contributed by atoms with Crippen LogP contribution < -0.4 is 10.6 Å². The van der Waals surface area contributed by atoms with E-state index in [9.17, 15) is 13.6 Å². The van der Waals surface area contributed by atoms with Crippen LogP contribution in [0.4, 0.5) is 19.3 Å². The van der Waals surface area contributed by atoms with Crippen LogP contribution in [0.25, 0.3) is 0 Å². The Morgan fingerprint density at radius 2 is 2.10 bits per heavy atom. The molecule has 0 radical (unpaired) electrons. The first-order valence-electron chi connectivity index (χ1n) is 6.80. The number of anilines is 1. The van der Waals surface area contributed by atoms with Crippen LogP contribution in [0.15, 0.2) is 18.2 Å². The fourth-order valence-electron chi connectivity index (χ4n) is 3.03. The fourth-order valence-corrected chi connectivity index (χ4v) is 3.03. The second-order valence-electron chi connectivity index (χ2n) is 5.66. The van der Waals surface area contributed by atoms with Crippen LogP contribution in [0.2, 0.25) is 0 Å². The third-order valence-electron chi connectivity index (χ3n) is 4.23. The number of hydrogen-bond acceptors (Lipinski definition) is 2. The minimum atomic E-state index is -0.958. The Balaban J connectivity index is 0.00000161. The molecule has 1 aromatic rings. The van der Waals surface area contributed by atoms with Crippen molar-refractivity contribution >= 4 is 24.1 Å². The molecule has 2 N–H and O–H groups in total. The van der Waals surface area contributed by atoms with Gasteiger partial charge in [0.1, 0.15) is 0 Å². The molecule has 1 atom stereocenters. The summed E-state index contributed by atoms with van der Waals surface area (Å²) in [5.74, 6) is -1.87. The molecule has 0 aromatic heterocycles. The summed E-state index contributed by atoms with van der Waals surface area (Å²) in [7, 11) is 0. The van der Waals surface area contributed by atoms with Crippen LogP contribution in [0.5, 0.6) is 0 Å². The van der Waals surface area contributed by atoms with Crippen molar-refractivity contribution in [3.63, 3.8) is 0 Å². The molecule has 1 unspecified atom stereocenters. The SMILES string of the molecule is Cl.O=C(Nc1ccc(F)c(F)c1)N1CCC2(CCNC2)C1. The van der Waals surface area contributed by atoms with E-state index in [0.717, 1.165) is 44.6 Å². The highest BCUT2D eigenvalue weighted by molar-refractivity contribution is 5.89. The Morgan fingerprint density at radius 3 is 2.76 bits per heavy atom. The first-order chi connectivity index (χ1) is 9.58. The van der Waals surface area contributed by atoms with E-state index in [2.05, 4.69) is 10.6 Å². The van der Waals surface area contributed by atoms with Crippen molar-refractivity contribution in [1.29, 1.82) is 0 Å². The smallest absolute Gasteiger partial charge is 0.321 e. The summed E-state index contributed by atoms with van der Waals surface area (Å²) in [6.45, 7) is 3.37. The number of hydrogen-bond donors (Lipinski definition) is 2. The molecule has 2 aliphatic rings. The van der Waals surface area contributed by atoms with Crippen LogP contribution in [-0.4, -0.2) is 37.1 Å². The highest BCUT2D eigenvalue weighted by atomic mass is 35.5. The van der Waals surface area contributed by atoms with Crippen molar-refractivity contribution in [3.8, 4) is 0 Å². The zero-order valence-corrected chi connectivity index (χ0v) is 12.3. The molecule has 7 heteroatoms. The van der Waals surface area contributed by atoms with Crippen molar-refractivity contribution in [2.45, 2.75) is 12.8 Å². The Bertz CT molecular complexity index is 535. The predicted molar refractivity (Wildman–Crippen MR) is 78.7 cm³/mol. The highest BCUT2D eigenvalue weighted by Crippen LogP contribution is 2.36. The molecule has 1 aromatic carbocycles. The van der Waals surface area contributed by atoms with Gasteiger partial charge in [-0.05, 0) is 31.5 Å². The first kappa shape index (κ1) is 16.0. The Kier molecular flexibility index (Phi) is 4.68. The van der Waals surface area contributed by atoms with E-state index in [-0.39, 0.29) is 29.5 Å². The third-order valence-corrected chi connectivity index (χ3v) is 4.23. The molecule has 3 rings (SSSR count). The summed E-state index contributed by atoms with van der Waals surface area (Å²) in [4.78, 5) is 13.9. The number of amides is 2. The minimum Gasteiger partial charge on any atom is -0.324 e. The lowest BCUT2D eigenvalue weighted by molar-refractivity contribution is 0.215. The molecule has 0 saturated carbocycles. The summed E-state index contributed by atoms with van der Waals surface area (Å²) >= 11 is 0. The van der Waals surface area contributed by atoms with E-state index in [1.54, 1.807) is 4.90 Å². The molecule has 0 bridgehead atoms. The fraction of sp³-hybridized carbons (Fsp3) is 0.500. The molecule has 0 aliphatic carbocycles. The quantitative estimate of drug-likeness (QED) is 0.836. The number of urea groups is 1. The summed E-state index contributed by atoms with van der Waals surface area (Å²) in [5.41, 5.74) is 0.477. The highest BCUT2D eigenvalue weighted by Gasteiger charge is 2.41. The van der Waals surface area contributed by atoms with Crippen LogP contribution in [0, 0.1) is 17.0 Å². The molecule has 116 valence electrons. The van der Waals surface area contributed by atoms with Gasteiger partial charge in [-0.15, -0.1) is 12.4 Å². The molecular weight excluding hydrogens is 300 g/mol. The van der Waals surface area contributed by atoms with Crippen molar-refractivity contribution in [1.82, 2.24) is 10.2 Å². The Morgan fingerprint density at radius 1 is 1.29 bits per heavy atom. The average Bonchev–Trinajstić information content (AvgIpc) is 3.05. The summed E-state index contributed by atoms with van der Waals surface area (Å²) < 4.78 is 25.9. The van der Waals surface area contributed by atoms with Gasteiger partial charge in [0.05, 0.1) is 0 Å². The molecule has 1 spiro atoms.